The summed E-state index contributed by atoms with van der Waals surface area (Å²) in [7, 11) is 0. The predicted octanol–water partition coefficient (Wildman–Crippen LogP) is 2.26. The highest BCUT2D eigenvalue weighted by molar-refractivity contribution is 5.81. The van der Waals surface area contributed by atoms with Gasteiger partial charge in [-0.25, -0.2) is 0 Å². The molecule has 5 nitrogen and oxygen atoms in total. The monoisotopic (exact) mass is 304 g/mol. The molecule has 1 aromatic rings. The topological polar surface area (TPSA) is 59.0 Å². The van der Waals surface area contributed by atoms with Gasteiger partial charge in [-0.3, -0.25) is 9.48 Å². The normalized spacial score (nSPS) is 17.6. The number of aromatic nitrogens is 2. The molecule has 0 radical (unpaired) electrons. The number of hydrogen-bond acceptors (Lipinski definition) is 3. The van der Waals surface area contributed by atoms with Crippen LogP contribution in [-0.2, 0) is 11.3 Å². The maximum atomic E-state index is 12.1. The molecule has 2 N–H and O–H groups in total. The molecular formula is C17H28N4O. The second-order valence-corrected chi connectivity index (χ2v) is 6.17. The Bertz CT molecular complexity index is 481. The van der Waals surface area contributed by atoms with Crippen molar-refractivity contribution in [2.75, 3.05) is 6.54 Å². The first-order valence-electron chi connectivity index (χ1n) is 8.34. The minimum atomic E-state index is -0.189. The van der Waals surface area contributed by atoms with Gasteiger partial charge in [-0.05, 0) is 52.0 Å². The third-order valence-electron chi connectivity index (χ3n) is 4.08. The molecule has 1 aliphatic rings. The van der Waals surface area contributed by atoms with Gasteiger partial charge in [0.05, 0.1) is 12.6 Å². The minimum Gasteiger partial charge on any atom is -0.354 e. The Morgan fingerprint density at radius 3 is 2.95 bits per heavy atom. The van der Waals surface area contributed by atoms with Gasteiger partial charge in [0.15, 0.2) is 0 Å². The summed E-state index contributed by atoms with van der Waals surface area (Å²) >= 11 is 0. The van der Waals surface area contributed by atoms with Crippen LogP contribution in [0.1, 0.15) is 46.0 Å². The van der Waals surface area contributed by atoms with Gasteiger partial charge in [-0.15, -0.1) is 0 Å². The Morgan fingerprint density at radius 1 is 1.41 bits per heavy atom. The van der Waals surface area contributed by atoms with E-state index in [4.69, 9.17) is 0 Å². The number of rotatable bonds is 8. The minimum absolute atomic E-state index is 0.0729. The Labute approximate surface area is 133 Å². The highest BCUT2D eigenvalue weighted by Crippen LogP contribution is 2.19. The maximum absolute atomic E-state index is 12.1. The number of nitrogens with one attached hydrogen (secondary N) is 2. The zero-order chi connectivity index (χ0) is 15.8. The quantitative estimate of drug-likeness (QED) is 0.724. The van der Waals surface area contributed by atoms with Crippen LogP contribution in [0.5, 0.6) is 0 Å². The van der Waals surface area contributed by atoms with Gasteiger partial charge in [0.25, 0.3) is 0 Å². The maximum Gasteiger partial charge on any atom is 0.236 e. The lowest BCUT2D eigenvalue weighted by Gasteiger charge is -2.20. The van der Waals surface area contributed by atoms with Crippen molar-refractivity contribution >= 4 is 5.91 Å². The molecule has 0 fully saturated rings. The van der Waals surface area contributed by atoms with Crippen LogP contribution >= 0.6 is 0 Å². The highest BCUT2D eigenvalue weighted by atomic mass is 16.2. The highest BCUT2D eigenvalue weighted by Gasteiger charge is 2.15. The van der Waals surface area contributed by atoms with E-state index in [1.54, 1.807) is 6.20 Å². The molecule has 1 amide bonds. The van der Waals surface area contributed by atoms with Crippen LogP contribution < -0.4 is 10.6 Å². The summed E-state index contributed by atoms with van der Waals surface area (Å²) in [6.45, 7) is 5.48. The van der Waals surface area contributed by atoms with Crippen LogP contribution in [0, 0.1) is 0 Å². The van der Waals surface area contributed by atoms with Crippen molar-refractivity contribution in [1.29, 1.82) is 0 Å². The van der Waals surface area contributed by atoms with Crippen molar-refractivity contribution in [3.05, 3.63) is 30.1 Å². The van der Waals surface area contributed by atoms with E-state index >= 15 is 0 Å². The molecule has 1 aromatic heterocycles. The first kappa shape index (κ1) is 16.7. The SMILES string of the molecule is C[C@@H](Cn1cccn1)N[C@H](C)C(=O)NCCC1=CCCCC1. The molecule has 2 atom stereocenters. The Balaban J connectivity index is 1.64. The molecule has 0 unspecified atom stereocenters. The largest absolute Gasteiger partial charge is 0.354 e. The van der Waals surface area contributed by atoms with E-state index in [-0.39, 0.29) is 18.0 Å². The smallest absolute Gasteiger partial charge is 0.236 e. The summed E-state index contributed by atoms with van der Waals surface area (Å²) in [5.41, 5.74) is 1.50. The number of carbonyl (C=O) groups is 1. The summed E-state index contributed by atoms with van der Waals surface area (Å²) < 4.78 is 1.87. The summed E-state index contributed by atoms with van der Waals surface area (Å²) in [6, 6.07) is 1.91. The van der Waals surface area contributed by atoms with Crippen molar-refractivity contribution in [1.82, 2.24) is 20.4 Å². The molecular weight excluding hydrogens is 276 g/mol. The summed E-state index contributed by atoms with van der Waals surface area (Å²) in [4.78, 5) is 12.1. The Morgan fingerprint density at radius 2 is 2.27 bits per heavy atom. The van der Waals surface area contributed by atoms with Crippen molar-refractivity contribution in [2.24, 2.45) is 0 Å². The second kappa shape index (κ2) is 8.73. The van der Waals surface area contributed by atoms with Gasteiger partial charge < -0.3 is 10.6 Å². The average Bonchev–Trinajstić information content (AvgIpc) is 3.00. The molecule has 22 heavy (non-hydrogen) atoms. The standard InChI is InChI=1S/C17H28N4O/c1-14(13-21-12-6-10-19-21)20-15(2)17(22)18-11-9-16-7-4-3-5-8-16/h6-7,10,12,14-15,20H,3-5,8-9,11,13H2,1-2H3,(H,18,22)/t14-,15+/m0/s1. The van der Waals surface area contributed by atoms with E-state index in [9.17, 15) is 4.79 Å². The molecule has 0 saturated heterocycles. The Kier molecular flexibility index (Phi) is 6.65. The van der Waals surface area contributed by atoms with E-state index in [1.165, 1.54) is 31.3 Å². The first-order chi connectivity index (χ1) is 10.6. The predicted molar refractivity (Wildman–Crippen MR) is 88.5 cm³/mol. The molecule has 2 rings (SSSR count). The lowest BCUT2D eigenvalue weighted by atomic mass is 9.97. The van der Waals surface area contributed by atoms with Gasteiger partial charge in [-0.1, -0.05) is 11.6 Å². The van der Waals surface area contributed by atoms with Crippen molar-refractivity contribution in [2.45, 2.75) is 64.6 Å². The van der Waals surface area contributed by atoms with E-state index in [0.29, 0.717) is 0 Å². The van der Waals surface area contributed by atoms with Gasteiger partial charge in [0.1, 0.15) is 0 Å². The van der Waals surface area contributed by atoms with Crippen molar-refractivity contribution in [3.63, 3.8) is 0 Å². The van der Waals surface area contributed by atoms with E-state index in [2.05, 4.69) is 28.7 Å². The molecule has 122 valence electrons. The molecule has 0 bridgehead atoms. The van der Waals surface area contributed by atoms with Gasteiger partial charge in [0.2, 0.25) is 5.91 Å². The lowest BCUT2D eigenvalue weighted by Crippen LogP contribution is -2.47. The first-order valence-corrected chi connectivity index (χ1v) is 8.34. The zero-order valence-corrected chi connectivity index (χ0v) is 13.7. The lowest BCUT2D eigenvalue weighted by molar-refractivity contribution is -0.122. The number of carbonyl (C=O) groups excluding carboxylic acids is 1. The van der Waals surface area contributed by atoms with Crippen LogP contribution in [0.15, 0.2) is 30.1 Å². The third kappa shape index (κ3) is 5.64. The summed E-state index contributed by atoms with van der Waals surface area (Å²) in [5.74, 6) is 0.0729. The summed E-state index contributed by atoms with van der Waals surface area (Å²) in [5, 5.41) is 10.5. The number of hydrogen-bond donors (Lipinski definition) is 2. The molecule has 1 aliphatic carbocycles. The molecule has 5 heteroatoms. The fourth-order valence-electron chi connectivity index (χ4n) is 2.88. The van der Waals surface area contributed by atoms with Crippen LogP contribution in [0.25, 0.3) is 0 Å². The average molecular weight is 304 g/mol. The van der Waals surface area contributed by atoms with Gasteiger partial charge in [-0.2, -0.15) is 5.10 Å². The zero-order valence-electron chi connectivity index (χ0n) is 13.7. The molecule has 0 spiro atoms. The molecule has 0 aliphatic heterocycles. The third-order valence-corrected chi connectivity index (χ3v) is 4.08. The molecule has 1 heterocycles. The Hall–Kier alpha value is -1.62. The van der Waals surface area contributed by atoms with Crippen LogP contribution in [0.4, 0.5) is 0 Å². The van der Waals surface area contributed by atoms with Crippen LogP contribution in [0.2, 0.25) is 0 Å². The van der Waals surface area contributed by atoms with Crippen molar-refractivity contribution < 1.29 is 4.79 Å². The van der Waals surface area contributed by atoms with Gasteiger partial charge >= 0.3 is 0 Å². The van der Waals surface area contributed by atoms with Crippen LogP contribution in [-0.4, -0.2) is 34.3 Å². The number of amides is 1. The van der Waals surface area contributed by atoms with Crippen molar-refractivity contribution in [3.8, 4) is 0 Å². The fourth-order valence-corrected chi connectivity index (χ4v) is 2.88. The van der Waals surface area contributed by atoms with E-state index in [0.717, 1.165) is 19.5 Å². The summed E-state index contributed by atoms with van der Waals surface area (Å²) in [6.07, 6.45) is 12.0. The molecule has 0 aromatic carbocycles. The van der Waals surface area contributed by atoms with E-state index < -0.39 is 0 Å². The fraction of sp³-hybridized carbons (Fsp3) is 0.647. The second-order valence-electron chi connectivity index (χ2n) is 6.17. The van der Waals surface area contributed by atoms with Gasteiger partial charge in [0, 0.05) is 25.0 Å². The van der Waals surface area contributed by atoms with Crippen LogP contribution in [0.3, 0.4) is 0 Å². The number of allylic oxidation sites excluding steroid dienone is 1. The van der Waals surface area contributed by atoms with E-state index in [1.807, 2.05) is 23.9 Å². The number of nitrogens with zero attached hydrogens (tertiary/aromatic N) is 2. The molecule has 0 saturated carbocycles.